The number of hydrogen-bond acceptors (Lipinski definition) is 7. The maximum Gasteiger partial charge on any atom is 0.309 e. The first-order valence-corrected chi connectivity index (χ1v) is 11.1. The molecule has 0 spiro atoms. The summed E-state index contributed by atoms with van der Waals surface area (Å²) in [6.07, 6.45) is 2.51. The van der Waals surface area contributed by atoms with Crippen LogP contribution in [0.1, 0.15) is 45.2 Å². The molecule has 0 saturated carbocycles. The van der Waals surface area contributed by atoms with Crippen LogP contribution in [-0.4, -0.2) is 58.3 Å². The first kappa shape index (κ1) is 23.4. The number of aromatic nitrogens is 3. The quantitative estimate of drug-likeness (QED) is 0.593. The van der Waals surface area contributed by atoms with Crippen molar-refractivity contribution in [3.05, 3.63) is 40.3 Å². The molecule has 1 N–H and O–H groups in total. The zero-order chi connectivity index (χ0) is 22.9. The molecule has 32 heavy (non-hydrogen) atoms. The summed E-state index contributed by atoms with van der Waals surface area (Å²) in [5, 5.41) is 8.16. The van der Waals surface area contributed by atoms with Crippen molar-refractivity contribution in [2.24, 2.45) is 5.92 Å². The zero-order valence-electron chi connectivity index (χ0n) is 18.6. The first-order valence-electron chi connectivity index (χ1n) is 11.1. The van der Waals surface area contributed by atoms with Gasteiger partial charge in [-0.25, -0.2) is 0 Å². The number of nitrogens with zero attached hydrogens (tertiary/aromatic N) is 3. The van der Waals surface area contributed by atoms with E-state index >= 15 is 0 Å². The van der Waals surface area contributed by atoms with Crippen molar-refractivity contribution in [3.8, 4) is 17.1 Å². The number of carbonyl (C=O) groups excluding carboxylic acids is 2. The Kier molecular flexibility index (Phi) is 8.35. The monoisotopic (exact) mass is 442 g/mol. The molecular weight excluding hydrogens is 412 g/mol. The highest BCUT2D eigenvalue weighted by atomic mass is 16.5. The summed E-state index contributed by atoms with van der Waals surface area (Å²) in [7, 11) is 0. The molecule has 1 aliphatic heterocycles. The Balaban J connectivity index is 1.52. The fourth-order valence-corrected chi connectivity index (χ4v) is 3.59. The van der Waals surface area contributed by atoms with Crippen LogP contribution < -0.4 is 10.3 Å². The molecule has 1 aromatic heterocycles. The van der Waals surface area contributed by atoms with Gasteiger partial charge in [0.25, 0.3) is 5.56 Å². The Morgan fingerprint density at radius 2 is 1.84 bits per heavy atom. The highest BCUT2D eigenvalue weighted by Gasteiger charge is 2.28. The van der Waals surface area contributed by atoms with Crippen LogP contribution in [0.4, 0.5) is 0 Å². The van der Waals surface area contributed by atoms with Crippen molar-refractivity contribution in [3.63, 3.8) is 0 Å². The number of nitrogens with one attached hydrogen (secondary N) is 1. The van der Waals surface area contributed by atoms with Crippen LogP contribution in [-0.2, 0) is 20.7 Å². The minimum absolute atomic E-state index is 0.0553. The van der Waals surface area contributed by atoms with E-state index in [0.717, 1.165) is 17.7 Å². The van der Waals surface area contributed by atoms with Gasteiger partial charge in [0.1, 0.15) is 11.4 Å². The highest BCUT2D eigenvalue weighted by molar-refractivity contribution is 5.77. The third-order valence-corrected chi connectivity index (χ3v) is 5.41. The maximum atomic E-state index is 12.5. The number of ether oxygens (including phenoxy) is 2. The van der Waals surface area contributed by atoms with Crippen molar-refractivity contribution in [1.82, 2.24) is 20.1 Å². The first-order chi connectivity index (χ1) is 15.5. The summed E-state index contributed by atoms with van der Waals surface area (Å²) in [6, 6.07) is 7.27. The van der Waals surface area contributed by atoms with E-state index in [4.69, 9.17) is 9.47 Å². The second-order valence-corrected chi connectivity index (χ2v) is 7.73. The van der Waals surface area contributed by atoms with E-state index < -0.39 is 0 Å². The Labute approximate surface area is 187 Å². The SMILES string of the molecule is CCCOc1ccc(-c2nnc(CCC(=O)N3CCC(C(=O)OCC)CC3)c(=O)[nH]2)cc1. The second kappa shape index (κ2) is 11.4. The molecule has 0 unspecified atom stereocenters. The fraction of sp³-hybridized carbons (Fsp3) is 0.522. The molecule has 0 aliphatic carbocycles. The molecule has 1 aliphatic rings. The van der Waals surface area contributed by atoms with Crippen LogP contribution in [0.25, 0.3) is 11.4 Å². The molecule has 0 radical (unpaired) electrons. The van der Waals surface area contributed by atoms with Crippen LogP contribution in [0.15, 0.2) is 29.1 Å². The largest absolute Gasteiger partial charge is 0.494 e. The van der Waals surface area contributed by atoms with E-state index in [1.54, 1.807) is 11.8 Å². The lowest BCUT2D eigenvalue weighted by atomic mass is 9.96. The standard InChI is InChI=1S/C23H30N4O5/c1-3-15-32-18-7-5-16(6-8-18)21-24-22(29)19(25-26-21)9-10-20(28)27-13-11-17(12-14-27)23(30)31-4-2/h5-8,17H,3-4,9-15H2,1-2H3,(H,24,26,29). The molecule has 172 valence electrons. The van der Waals surface area contributed by atoms with Gasteiger partial charge >= 0.3 is 5.97 Å². The number of aromatic amines is 1. The maximum absolute atomic E-state index is 12.5. The van der Waals surface area contributed by atoms with E-state index in [1.165, 1.54) is 0 Å². The second-order valence-electron chi connectivity index (χ2n) is 7.73. The Morgan fingerprint density at radius 1 is 1.12 bits per heavy atom. The van der Waals surface area contributed by atoms with E-state index in [2.05, 4.69) is 15.2 Å². The Hall–Kier alpha value is -3.23. The molecule has 1 fully saturated rings. The van der Waals surface area contributed by atoms with Gasteiger partial charge < -0.3 is 19.4 Å². The molecule has 1 amide bonds. The molecular formula is C23H30N4O5. The van der Waals surface area contributed by atoms with Crippen LogP contribution in [0, 0.1) is 5.92 Å². The number of esters is 1. The molecule has 1 saturated heterocycles. The Morgan fingerprint density at radius 3 is 2.47 bits per heavy atom. The predicted molar refractivity (Wildman–Crippen MR) is 118 cm³/mol. The lowest BCUT2D eigenvalue weighted by molar-refractivity contribution is -0.151. The van der Waals surface area contributed by atoms with Crippen molar-refractivity contribution in [1.29, 1.82) is 0 Å². The predicted octanol–water partition coefficient (Wildman–Crippen LogP) is 2.35. The van der Waals surface area contributed by atoms with Gasteiger partial charge in [0.15, 0.2) is 5.82 Å². The molecule has 1 aromatic carbocycles. The van der Waals surface area contributed by atoms with Gasteiger partial charge in [0.2, 0.25) is 5.91 Å². The van der Waals surface area contributed by atoms with E-state index in [9.17, 15) is 14.4 Å². The summed E-state index contributed by atoms with van der Waals surface area (Å²) in [5.74, 6) is 0.734. The zero-order valence-corrected chi connectivity index (χ0v) is 18.6. The van der Waals surface area contributed by atoms with E-state index in [-0.39, 0.29) is 41.9 Å². The fourth-order valence-electron chi connectivity index (χ4n) is 3.59. The van der Waals surface area contributed by atoms with Crippen LogP contribution in [0.3, 0.4) is 0 Å². The van der Waals surface area contributed by atoms with Gasteiger partial charge in [0.05, 0.1) is 19.1 Å². The number of piperidine rings is 1. The molecule has 3 rings (SSSR count). The summed E-state index contributed by atoms with van der Waals surface area (Å²) in [5.41, 5.74) is 0.604. The third-order valence-electron chi connectivity index (χ3n) is 5.41. The van der Waals surface area contributed by atoms with Crippen LogP contribution in [0.2, 0.25) is 0 Å². The van der Waals surface area contributed by atoms with Gasteiger partial charge in [-0.3, -0.25) is 14.4 Å². The summed E-state index contributed by atoms with van der Waals surface area (Å²) < 4.78 is 10.6. The minimum atomic E-state index is -0.352. The minimum Gasteiger partial charge on any atom is -0.494 e. The van der Waals surface area contributed by atoms with Crippen LogP contribution >= 0.6 is 0 Å². The Bertz CT molecular complexity index is 965. The van der Waals surface area contributed by atoms with E-state index in [0.29, 0.717) is 45.0 Å². The van der Waals surface area contributed by atoms with Crippen molar-refractivity contribution in [2.45, 2.75) is 46.0 Å². The number of H-pyrrole nitrogens is 1. The molecule has 0 atom stereocenters. The van der Waals surface area contributed by atoms with Gasteiger partial charge in [-0.05, 0) is 50.5 Å². The number of likely N-dealkylation sites (tertiary alicyclic amines) is 1. The topological polar surface area (TPSA) is 114 Å². The lowest BCUT2D eigenvalue weighted by Crippen LogP contribution is -2.40. The molecule has 2 heterocycles. The smallest absolute Gasteiger partial charge is 0.309 e. The van der Waals surface area contributed by atoms with Crippen molar-refractivity contribution in [2.75, 3.05) is 26.3 Å². The molecule has 9 nitrogen and oxygen atoms in total. The van der Waals surface area contributed by atoms with Gasteiger partial charge in [0, 0.05) is 31.5 Å². The number of amides is 1. The number of aryl methyl sites for hydroxylation is 1. The van der Waals surface area contributed by atoms with E-state index in [1.807, 2.05) is 31.2 Å². The third kappa shape index (κ3) is 6.15. The molecule has 2 aromatic rings. The summed E-state index contributed by atoms with van der Waals surface area (Å²) >= 11 is 0. The van der Waals surface area contributed by atoms with Crippen LogP contribution in [0.5, 0.6) is 5.75 Å². The molecule has 9 heteroatoms. The van der Waals surface area contributed by atoms with Gasteiger partial charge in [-0.2, -0.15) is 0 Å². The number of rotatable bonds is 9. The number of benzene rings is 1. The average Bonchev–Trinajstić information content (AvgIpc) is 2.82. The molecule has 0 bridgehead atoms. The van der Waals surface area contributed by atoms with Gasteiger partial charge in [-0.15, -0.1) is 10.2 Å². The van der Waals surface area contributed by atoms with Gasteiger partial charge in [-0.1, -0.05) is 6.92 Å². The van der Waals surface area contributed by atoms with Crippen molar-refractivity contribution < 1.29 is 19.1 Å². The lowest BCUT2D eigenvalue weighted by Gasteiger charge is -2.30. The number of hydrogen-bond donors (Lipinski definition) is 1. The normalized spacial score (nSPS) is 14.2. The highest BCUT2D eigenvalue weighted by Crippen LogP contribution is 2.20. The summed E-state index contributed by atoms with van der Waals surface area (Å²) in [4.78, 5) is 41.2. The average molecular weight is 443 g/mol. The number of carbonyl (C=O) groups is 2. The summed E-state index contributed by atoms with van der Waals surface area (Å²) in [6.45, 7) is 5.87. The van der Waals surface area contributed by atoms with Crippen molar-refractivity contribution >= 4 is 11.9 Å².